The van der Waals surface area contributed by atoms with Gasteiger partial charge in [0.2, 0.25) is 21.8 Å². The van der Waals surface area contributed by atoms with E-state index in [2.05, 4.69) is 21.2 Å². The summed E-state index contributed by atoms with van der Waals surface area (Å²) in [6.45, 7) is 2.83. The number of anilines is 1. The number of nitrogens with zero attached hydrogens (tertiary/aromatic N) is 2. The predicted molar refractivity (Wildman–Crippen MR) is 150 cm³/mol. The summed E-state index contributed by atoms with van der Waals surface area (Å²) in [5.41, 5.74) is 1.30. The van der Waals surface area contributed by atoms with Crippen molar-refractivity contribution in [1.29, 1.82) is 0 Å². The molecule has 1 N–H and O–H groups in total. The second-order valence-electron chi connectivity index (χ2n) is 9.23. The van der Waals surface area contributed by atoms with Crippen LogP contribution in [0.5, 0.6) is 0 Å². The zero-order valence-corrected chi connectivity index (χ0v) is 23.9. The summed E-state index contributed by atoms with van der Waals surface area (Å²) in [5, 5.41) is 2.86. The van der Waals surface area contributed by atoms with Gasteiger partial charge in [-0.25, -0.2) is 12.8 Å². The number of sulfonamides is 1. The van der Waals surface area contributed by atoms with Crippen molar-refractivity contribution < 1.29 is 22.4 Å². The standard InChI is InChI=1S/C28H31BrFN3O4S/c1-20(2)31-28(35)26(16-21-10-5-4-6-11-21)32(18-22-12-7-8-15-25(22)30)27(34)19-33(38(3,36)37)24-14-9-13-23(29)17-24/h4-15,17,20,26H,16,18-19H2,1-3H3,(H,31,35)/t26-/m1/s1. The highest BCUT2D eigenvalue weighted by atomic mass is 79.9. The smallest absolute Gasteiger partial charge is 0.244 e. The van der Waals surface area contributed by atoms with Gasteiger partial charge in [0.1, 0.15) is 18.4 Å². The molecule has 1 atom stereocenters. The molecule has 3 rings (SSSR count). The molecule has 3 aromatic rings. The number of carbonyl (C=O) groups is 2. The number of nitrogens with one attached hydrogen (secondary N) is 1. The summed E-state index contributed by atoms with van der Waals surface area (Å²) in [7, 11) is -3.88. The lowest BCUT2D eigenvalue weighted by Gasteiger charge is -2.34. The van der Waals surface area contributed by atoms with Gasteiger partial charge in [-0.15, -0.1) is 0 Å². The van der Waals surface area contributed by atoms with Crippen molar-refractivity contribution in [3.63, 3.8) is 0 Å². The highest BCUT2D eigenvalue weighted by molar-refractivity contribution is 9.10. The minimum absolute atomic E-state index is 0.162. The zero-order valence-electron chi connectivity index (χ0n) is 21.5. The molecule has 7 nitrogen and oxygen atoms in total. The number of hydrogen-bond donors (Lipinski definition) is 1. The molecule has 0 aliphatic carbocycles. The Bertz CT molecular complexity index is 1370. The molecule has 2 amide bonds. The fourth-order valence-corrected chi connectivity index (χ4v) is 5.22. The van der Waals surface area contributed by atoms with Crippen molar-refractivity contribution in [2.45, 2.75) is 38.9 Å². The van der Waals surface area contributed by atoms with E-state index in [4.69, 9.17) is 0 Å². The van der Waals surface area contributed by atoms with Gasteiger partial charge in [-0.2, -0.15) is 0 Å². The Morgan fingerprint density at radius 2 is 1.63 bits per heavy atom. The molecule has 0 aliphatic heterocycles. The monoisotopic (exact) mass is 603 g/mol. The third-order valence-corrected chi connectivity index (χ3v) is 7.41. The molecule has 38 heavy (non-hydrogen) atoms. The van der Waals surface area contributed by atoms with Crippen LogP contribution in [0.3, 0.4) is 0 Å². The van der Waals surface area contributed by atoms with Gasteiger partial charge in [0.05, 0.1) is 11.9 Å². The Kier molecular flexibility index (Phi) is 10.0. The lowest BCUT2D eigenvalue weighted by atomic mass is 10.0. The van der Waals surface area contributed by atoms with Crippen LogP contribution in [0.25, 0.3) is 0 Å². The van der Waals surface area contributed by atoms with Crippen LogP contribution in [-0.2, 0) is 32.6 Å². The van der Waals surface area contributed by atoms with E-state index in [0.29, 0.717) is 4.47 Å². The quantitative estimate of drug-likeness (QED) is 0.349. The lowest BCUT2D eigenvalue weighted by Crippen LogP contribution is -2.54. The molecule has 0 bridgehead atoms. The van der Waals surface area contributed by atoms with Crippen LogP contribution in [0.4, 0.5) is 10.1 Å². The first kappa shape index (κ1) is 29.3. The zero-order chi connectivity index (χ0) is 27.9. The third-order valence-electron chi connectivity index (χ3n) is 5.78. The van der Waals surface area contributed by atoms with Crippen LogP contribution in [0.15, 0.2) is 83.3 Å². The van der Waals surface area contributed by atoms with Gasteiger partial charge < -0.3 is 10.2 Å². The number of halogens is 2. The summed E-state index contributed by atoms with van der Waals surface area (Å²) >= 11 is 3.34. The average molecular weight is 605 g/mol. The van der Waals surface area contributed by atoms with Gasteiger partial charge in [0.25, 0.3) is 0 Å². The Hall–Kier alpha value is -3.24. The van der Waals surface area contributed by atoms with E-state index in [-0.39, 0.29) is 30.3 Å². The van der Waals surface area contributed by atoms with Crippen molar-refractivity contribution in [1.82, 2.24) is 10.2 Å². The number of amides is 2. The number of benzene rings is 3. The minimum Gasteiger partial charge on any atom is -0.352 e. The SMILES string of the molecule is CC(C)NC(=O)[C@@H](Cc1ccccc1)N(Cc1ccccc1F)C(=O)CN(c1cccc(Br)c1)S(C)(=O)=O. The molecule has 0 aromatic heterocycles. The molecular weight excluding hydrogens is 573 g/mol. The van der Waals surface area contributed by atoms with Crippen molar-refractivity contribution >= 4 is 43.5 Å². The van der Waals surface area contributed by atoms with Crippen LogP contribution in [0.1, 0.15) is 25.0 Å². The third kappa shape index (κ3) is 8.13. The molecule has 0 aliphatic rings. The first-order valence-electron chi connectivity index (χ1n) is 12.1. The summed E-state index contributed by atoms with van der Waals surface area (Å²) in [5.74, 6) is -1.58. The molecule has 0 fully saturated rings. The summed E-state index contributed by atoms with van der Waals surface area (Å²) in [6.07, 6.45) is 1.17. The van der Waals surface area contributed by atoms with Gasteiger partial charge in [-0.1, -0.05) is 70.5 Å². The van der Waals surface area contributed by atoms with Crippen molar-refractivity contribution in [3.05, 3.63) is 100 Å². The average Bonchev–Trinajstić information content (AvgIpc) is 2.85. The molecule has 0 saturated carbocycles. The Labute approximate surface area is 231 Å². The molecule has 0 radical (unpaired) electrons. The Morgan fingerprint density at radius 1 is 0.974 bits per heavy atom. The Morgan fingerprint density at radius 3 is 2.24 bits per heavy atom. The second-order valence-corrected chi connectivity index (χ2v) is 12.1. The van der Waals surface area contributed by atoms with Gasteiger partial charge in [-0.3, -0.25) is 13.9 Å². The van der Waals surface area contributed by atoms with Crippen molar-refractivity contribution in [2.24, 2.45) is 0 Å². The van der Waals surface area contributed by atoms with Crippen LogP contribution >= 0.6 is 15.9 Å². The highest BCUT2D eigenvalue weighted by Crippen LogP contribution is 2.24. The summed E-state index contributed by atoms with van der Waals surface area (Å²) < 4.78 is 41.9. The van der Waals surface area contributed by atoms with Crippen LogP contribution < -0.4 is 9.62 Å². The van der Waals surface area contributed by atoms with E-state index in [1.165, 1.54) is 23.1 Å². The van der Waals surface area contributed by atoms with Gasteiger partial charge >= 0.3 is 0 Å². The minimum atomic E-state index is -3.88. The second kappa shape index (κ2) is 13.0. The first-order chi connectivity index (χ1) is 18.0. The van der Waals surface area contributed by atoms with E-state index in [0.717, 1.165) is 16.1 Å². The number of carbonyl (C=O) groups excluding carboxylic acids is 2. The molecule has 0 saturated heterocycles. The topological polar surface area (TPSA) is 86.8 Å². The molecule has 10 heteroatoms. The molecule has 3 aromatic carbocycles. The lowest BCUT2D eigenvalue weighted by molar-refractivity contribution is -0.140. The normalized spacial score (nSPS) is 12.2. The predicted octanol–water partition coefficient (Wildman–Crippen LogP) is 4.52. The van der Waals surface area contributed by atoms with Crippen molar-refractivity contribution in [2.75, 3.05) is 17.1 Å². The fraction of sp³-hybridized carbons (Fsp3) is 0.286. The van der Waals surface area contributed by atoms with E-state index in [1.807, 2.05) is 30.3 Å². The van der Waals surface area contributed by atoms with Crippen LogP contribution in [0, 0.1) is 5.82 Å². The van der Waals surface area contributed by atoms with Gasteiger partial charge in [-0.05, 0) is 43.7 Å². The van der Waals surface area contributed by atoms with Crippen LogP contribution in [0.2, 0.25) is 0 Å². The van der Waals surface area contributed by atoms with E-state index < -0.39 is 40.2 Å². The highest BCUT2D eigenvalue weighted by Gasteiger charge is 2.33. The molecule has 202 valence electrons. The largest absolute Gasteiger partial charge is 0.352 e. The van der Waals surface area contributed by atoms with E-state index in [9.17, 15) is 22.4 Å². The Balaban J connectivity index is 2.07. The van der Waals surface area contributed by atoms with Gasteiger partial charge in [0, 0.05) is 29.0 Å². The number of hydrogen-bond acceptors (Lipinski definition) is 4. The molecule has 0 heterocycles. The van der Waals surface area contributed by atoms with Gasteiger partial charge in [0.15, 0.2) is 0 Å². The first-order valence-corrected chi connectivity index (χ1v) is 14.7. The maximum atomic E-state index is 14.7. The molecule has 0 spiro atoms. The van der Waals surface area contributed by atoms with E-state index >= 15 is 0 Å². The maximum Gasteiger partial charge on any atom is 0.244 e. The molecular formula is C28H31BrFN3O4S. The van der Waals surface area contributed by atoms with E-state index in [1.54, 1.807) is 44.2 Å². The number of rotatable bonds is 11. The molecule has 0 unspecified atom stereocenters. The van der Waals surface area contributed by atoms with Crippen LogP contribution in [-0.4, -0.2) is 50.0 Å². The van der Waals surface area contributed by atoms with Crippen molar-refractivity contribution in [3.8, 4) is 0 Å². The summed E-state index contributed by atoms with van der Waals surface area (Å²) in [6, 6.07) is 20.5. The fourth-order valence-electron chi connectivity index (χ4n) is 3.99. The maximum absolute atomic E-state index is 14.7. The summed E-state index contributed by atoms with van der Waals surface area (Å²) in [4.78, 5) is 28.6.